The molecule has 1 rings (SSSR count). The molecular formula is C8H11NaO. The number of hydrogen-bond donors (Lipinski definition) is 0. The van der Waals surface area contributed by atoms with Crippen LogP contribution in [0, 0.1) is 6.92 Å². The van der Waals surface area contributed by atoms with Gasteiger partial charge in [0.05, 0.1) is 7.11 Å². The molecule has 0 aromatic heterocycles. The first kappa shape index (κ1) is 10.0. The predicted molar refractivity (Wildman–Crippen MR) is 38.8 cm³/mol. The average Bonchev–Trinajstić information content (AvgIpc) is 1.90. The minimum Gasteiger partial charge on any atom is -1.00 e. The second-order valence-electron chi connectivity index (χ2n) is 2.02. The molecule has 0 heterocycles. The summed E-state index contributed by atoms with van der Waals surface area (Å²) < 4.78 is 4.97. The standard InChI is InChI=1S/C8H10O.Na.H/c1-7-3-5-8(9-2)6-4-7;;/h3-6H,1-2H3;;/q;+1;-1. The van der Waals surface area contributed by atoms with Crippen molar-refractivity contribution in [2.45, 2.75) is 6.92 Å². The number of ether oxygens (including phenoxy) is 1. The largest absolute Gasteiger partial charge is 1.00 e. The van der Waals surface area contributed by atoms with E-state index in [-0.39, 0.29) is 31.0 Å². The zero-order chi connectivity index (χ0) is 6.69. The number of aryl methyl sites for hydroxylation is 1. The molecule has 0 amide bonds. The topological polar surface area (TPSA) is 9.23 Å². The maximum atomic E-state index is 4.97. The molecule has 1 aromatic carbocycles. The van der Waals surface area contributed by atoms with Crippen molar-refractivity contribution in [2.24, 2.45) is 0 Å². The average molecular weight is 146 g/mol. The van der Waals surface area contributed by atoms with Gasteiger partial charge in [0.25, 0.3) is 0 Å². The van der Waals surface area contributed by atoms with Crippen LogP contribution in [0.2, 0.25) is 0 Å². The van der Waals surface area contributed by atoms with Crippen LogP contribution in [-0.2, 0) is 0 Å². The van der Waals surface area contributed by atoms with Crippen LogP contribution < -0.4 is 34.3 Å². The molecule has 0 spiro atoms. The van der Waals surface area contributed by atoms with Gasteiger partial charge < -0.3 is 6.16 Å². The van der Waals surface area contributed by atoms with Crippen molar-refractivity contribution < 1.29 is 35.7 Å². The van der Waals surface area contributed by atoms with Crippen molar-refractivity contribution in [2.75, 3.05) is 7.11 Å². The van der Waals surface area contributed by atoms with Gasteiger partial charge in [-0.2, -0.15) is 0 Å². The Morgan fingerprint density at radius 3 is 2.10 bits per heavy atom. The maximum Gasteiger partial charge on any atom is 1.00 e. The molecule has 0 fully saturated rings. The summed E-state index contributed by atoms with van der Waals surface area (Å²) in [6, 6.07) is 7.96. The molecule has 0 bridgehead atoms. The summed E-state index contributed by atoms with van der Waals surface area (Å²) in [6.45, 7) is 2.06. The molecule has 1 nitrogen and oxygen atoms in total. The first-order chi connectivity index (χ1) is 4.33. The van der Waals surface area contributed by atoms with Gasteiger partial charge in [-0.15, -0.1) is 0 Å². The summed E-state index contributed by atoms with van der Waals surface area (Å²) in [5.41, 5.74) is 1.26. The Labute approximate surface area is 85.2 Å². The summed E-state index contributed by atoms with van der Waals surface area (Å²) in [7, 11) is 1.67. The third-order valence-corrected chi connectivity index (χ3v) is 1.26. The fraction of sp³-hybridized carbons (Fsp3) is 0.250. The Morgan fingerprint density at radius 1 is 1.20 bits per heavy atom. The van der Waals surface area contributed by atoms with Gasteiger partial charge in [-0.3, -0.25) is 0 Å². The summed E-state index contributed by atoms with van der Waals surface area (Å²) >= 11 is 0. The van der Waals surface area contributed by atoms with E-state index >= 15 is 0 Å². The number of rotatable bonds is 1. The van der Waals surface area contributed by atoms with Gasteiger partial charge in [0.1, 0.15) is 5.75 Å². The van der Waals surface area contributed by atoms with Gasteiger partial charge in [0.15, 0.2) is 0 Å². The van der Waals surface area contributed by atoms with E-state index in [0.717, 1.165) is 5.75 Å². The molecule has 0 aliphatic heterocycles. The Kier molecular flexibility index (Phi) is 4.79. The van der Waals surface area contributed by atoms with Crippen LogP contribution in [0.15, 0.2) is 24.3 Å². The van der Waals surface area contributed by atoms with Gasteiger partial charge in [-0.1, -0.05) is 17.7 Å². The van der Waals surface area contributed by atoms with Gasteiger partial charge >= 0.3 is 29.6 Å². The Morgan fingerprint density at radius 2 is 1.70 bits per heavy atom. The van der Waals surface area contributed by atoms with Crippen LogP contribution in [-0.4, -0.2) is 7.11 Å². The number of hydrogen-bond acceptors (Lipinski definition) is 1. The second-order valence-corrected chi connectivity index (χ2v) is 2.02. The smallest absolute Gasteiger partial charge is 1.00 e. The molecule has 0 radical (unpaired) electrons. The molecule has 0 N–H and O–H groups in total. The monoisotopic (exact) mass is 146 g/mol. The summed E-state index contributed by atoms with van der Waals surface area (Å²) in [4.78, 5) is 0. The molecule has 0 aliphatic rings. The van der Waals surface area contributed by atoms with E-state index in [4.69, 9.17) is 4.74 Å². The predicted octanol–water partition coefficient (Wildman–Crippen LogP) is -0.880. The molecule has 2 heteroatoms. The van der Waals surface area contributed by atoms with Crippen molar-refractivity contribution in [1.82, 2.24) is 0 Å². The Balaban J connectivity index is 0. The first-order valence-electron chi connectivity index (χ1n) is 2.93. The zero-order valence-corrected chi connectivity index (χ0v) is 8.72. The zero-order valence-electron chi connectivity index (χ0n) is 7.72. The molecular weight excluding hydrogens is 135 g/mol. The Hall–Kier alpha value is 0.0200. The van der Waals surface area contributed by atoms with Crippen LogP contribution in [0.1, 0.15) is 6.99 Å². The second kappa shape index (κ2) is 4.78. The molecule has 0 unspecified atom stereocenters. The fourth-order valence-electron chi connectivity index (χ4n) is 0.674. The van der Waals surface area contributed by atoms with Crippen molar-refractivity contribution in [3.8, 4) is 5.75 Å². The van der Waals surface area contributed by atoms with E-state index < -0.39 is 0 Å². The van der Waals surface area contributed by atoms with Gasteiger partial charge in [-0.05, 0) is 19.1 Å². The summed E-state index contributed by atoms with van der Waals surface area (Å²) in [5, 5.41) is 0. The minimum atomic E-state index is 0. The van der Waals surface area contributed by atoms with E-state index in [9.17, 15) is 0 Å². The van der Waals surface area contributed by atoms with Gasteiger partial charge in [-0.25, -0.2) is 0 Å². The molecule has 0 saturated carbocycles. The molecule has 10 heavy (non-hydrogen) atoms. The Bertz CT molecular complexity index is 186. The first-order valence-corrected chi connectivity index (χ1v) is 2.93. The van der Waals surface area contributed by atoms with Crippen molar-refractivity contribution in [3.05, 3.63) is 29.8 Å². The van der Waals surface area contributed by atoms with Crippen molar-refractivity contribution in [1.29, 1.82) is 0 Å². The van der Waals surface area contributed by atoms with Crippen LogP contribution in [0.3, 0.4) is 0 Å². The molecule has 0 saturated heterocycles. The quantitative estimate of drug-likeness (QED) is 0.467. The van der Waals surface area contributed by atoms with Gasteiger partial charge in [0.2, 0.25) is 0 Å². The maximum absolute atomic E-state index is 4.97. The van der Waals surface area contributed by atoms with Crippen LogP contribution in [0.5, 0.6) is 5.75 Å². The third kappa shape index (κ3) is 2.74. The van der Waals surface area contributed by atoms with E-state index in [2.05, 4.69) is 6.92 Å². The SMILES string of the molecule is COc1ccc(C)cc1.[H-].[Na+]. The third-order valence-electron chi connectivity index (χ3n) is 1.26. The van der Waals surface area contributed by atoms with Crippen molar-refractivity contribution >= 4 is 0 Å². The van der Waals surface area contributed by atoms with Crippen molar-refractivity contribution in [3.63, 3.8) is 0 Å². The minimum absolute atomic E-state index is 0. The number of methoxy groups -OCH3 is 1. The van der Waals surface area contributed by atoms with Crippen LogP contribution in [0.4, 0.5) is 0 Å². The summed E-state index contributed by atoms with van der Waals surface area (Å²) in [5.74, 6) is 0.917. The normalized spacial score (nSPS) is 8.20. The van der Waals surface area contributed by atoms with Crippen LogP contribution in [0.25, 0.3) is 0 Å². The van der Waals surface area contributed by atoms with Gasteiger partial charge in [0, 0.05) is 0 Å². The van der Waals surface area contributed by atoms with Crippen LogP contribution >= 0.6 is 0 Å². The van der Waals surface area contributed by atoms with E-state index in [1.54, 1.807) is 7.11 Å². The number of benzene rings is 1. The fourth-order valence-corrected chi connectivity index (χ4v) is 0.674. The van der Waals surface area contributed by atoms with E-state index in [1.807, 2.05) is 24.3 Å². The molecule has 50 valence electrons. The molecule has 0 aliphatic carbocycles. The molecule has 1 aromatic rings. The van der Waals surface area contributed by atoms with E-state index in [0.29, 0.717) is 0 Å². The van der Waals surface area contributed by atoms with E-state index in [1.165, 1.54) is 5.56 Å². The molecule has 0 atom stereocenters. The summed E-state index contributed by atoms with van der Waals surface area (Å²) in [6.07, 6.45) is 0.